The summed E-state index contributed by atoms with van der Waals surface area (Å²) in [5.74, 6) is 0.662. The number of unbranched alkanes of at least 4 members (excludes halogenated alkanes) is 3. The molecule has 1 saturated carbocycles. The van der Waals surface area contributed by atoms with E-state index in [1.165, 1.54) is 32.1 Å². The molecule has 2 rings (SSSR count). The van der Waals surface area contributed by atoms with Crippen LogP contribution in [0, 0.1) is 0 Å². The summed E-state index contributed by atoms with van der Waals surface area (Å²) < 4.78 is 6.47. The summed E-state index contributed by atoms with van der Waals surface area (Å²) in [6.07, 6.45) is 7.47. The second kappa shape index (κ2) is 8.47. The van der Waals surface area contributed by atoms with Crippen LogP contribution in [0.15, 0.2) is 16.6 Å². The molecule has 2 nitrogen and oxygen atoms in total. The smallest absolute Gasteiger partial charge is 0.139 e. The number of ether oxygens (including phenoxy) is 1. The van der Waals surface area contributed by atoms with Crippen LogP contribution in [0.2, 0.25) is 10.0 Å². The minimum absolute atomic E-state index is 0.593. The van der Waals surface area contributed by atoms with Gasteiger partial charge in [0.05, 0.1) is 16.7 Å². The summed E-state index contributed by atoms with van der Waals surface area (Å²) >= 11 is 15.5. The molecule has 0 spiro atoms. The summed E-state index contributed by atoms with van der Waals surface area (Å²) in [5.41, 5.74) is 0. The zero-order valence-electron chi connectivity index (χ0n) is 11.4. The lowest BCUT2D eigenvalue weighted by atomic mass is 10.2. The van der Waals surface area contributed by atoms with Gasteiger partial charge in [0.25, 0.3) is 0 Å². The first-order chi connectivity index (χ1) is 9.66. The van der Waals surface area contributed by atoms with Gasteiger partial charge in [-0.2, -0.15) is 0 Å². The molecule has 112 valence electrons. The Labute approximate surface area is 139 Å². The van der Waals surface area contributed by atoms with Crippen LogP contribution in [-0.2, 0) is 0 Å². The number of nitrogens with one attached hydrogen (secondary N) is 1. The molecule has 1 aromatic rings. The summed E-state index contributed by atoms with van der Waals surface area (Å²) in [5, 5.41) is 4.74. The largest absolute Gasteiger partial charge is 0.492 e. The molecule has 0 saturated heterocycles. The average molecular weight is 381 g/mol. The van der Waals surface area contributed by atoms with E-state index in [4.69, 9.17) is 27.9 Å². The molecule has 5 heteroatoms. The lowest BCUT2D eigenvalue weighted by Crippen LogP contribution is -2.17. The van der Waals surface area contributed by atoms with E-state index >= 15 is 0 Å². The summed E-state index contributed by atoms with van der Waals surface area (Å²) in [6.45, 7) is 1.84. The highest BCUT2D eigenvalue weighted by Gasteiger charge is 2.19. The van der Waals surface area contributed by atoms with E-state index < -0.39 is 0 Å². The van der Waals surface area contributed by atoms with Gasteiger partial charge in [-0.15, -0.1) is 0 Å². The van der Waals surface area contributed by atoms with Crippen LogP contribution in [-0.4, -0.2) is 19.2 Å². The first-order valence-corrected chi connectivity index (χ1v) is 8.72. The second-order valence-electron chi connectivity index (χ2n) is 5.19. The van der Waals surface area contributed by atoms with Gasteiger partial charge in [-0.3, -0.25) is 0 Å². The SMILES string of the molecule is Clc1cc(OCCCCCCNC2CC2)c(Cl)cc1Br. The molecular weight excluding hydrogens is 361 g/mol. The Morgan fingerprint density at radius 3 is 2.60 bits per heavy atom. The van der Waals surface area contributed by atoms with Crippen molar-refractivity contribution in [3.8, 4) is 5.75 Å². The van der Waals surface area contributed by atoms with Gasteiger partial charge in [-0.1, -0.05) is 36.0 Å². The van der Waals surface area contributed by atoms with Gasteiger partial charge in [-0.05, 0) is 54.2 Å². The first kappa shape index (κ1) is 16.4. The number of benzene rings is 1. The second-order valence-corrected chi connectivity index (χ2v) is 6.86. The van der Waals surface area contributed by atoms with Gasteiger partial charge < -0.3 is 10.1 Å². The molecule has 1 aromatic carbocycles. The zero-order chi connectivity index (χ0) is 14.4. The molecule has 0 unspecified atom stereocenters. The van der Waals surface area contributed by atoms with Crippen molar-refractivity contribution in [1.29, 1.82) is 0 Å². The van der Waals surface area contributed by atoms with Crippen molar-refractivity contribution in [3.63, 3.8) is 0 Å². The van der Waals surface area contributed by atoms with Crippen LogP contribution in [0.1, 0.15) is 38.5 Å². The minimum atomic E-state index is 0.593. The fourth-order valence-electron chi connectivity index (χ4n) is 1.97. The molecule has 0 radical (unpaired) electrons. The molecule has 0 atom stereocenters. The van der Waals surface area contributed by atoms with E-state index in [2.05, 4.69) is 21.2 Å². The van der Waals surface area contributed by atoms with Crippen molar-refractivity contribution in [2.75, 3.05) is 13.2 Å². The molecular formula is C15H20BrCl2NO. The Hall–Kier alpha value is 0.0400. The molecule has 20 heavy (non-hydrogen) atoms. The molecule has 0 amide bonds. The predicted octanol–water partition coefficient (Wildman–Crippen LogP) is 5.45. The molecule has 0 heterocycles. The third-order valence-electron chi connectivity index (χ3n) is 3.31. The van der Waals surface area contributed by atoms with E-state index in [0.29, 0.717) is 22.4 Å². The fourth-order valence-corrected chi connectivity index (χ4v) is 2.82. The van der Waals surface area contributed by atoms with Crippen LogP contribution < -0.4 is 10.1 Å². The van der Waals surface area contributed by atoms with Gasteiger partial charge in [0, 0.05) is 16.6 Å². The monoisotopic (exact) mass is 379 g/mol. The highest BCUT2D eigenvalue weighted by Crippen LogP contribution is 2.34. The third-order valence-corrected chi connectivity index (χ3v) is 4.81. The lowest BCUT2D eigenvalue weighted by Gasteiger charge is -2.09. The van der Waals surface area contributed by atoms with Crippen molar-refractivity contribution in [3.05, 3.63) is 26.7 Å². The van der Waals surface area contributed by atoms with Crippen LogP contribution in [0.3, 0.4) is 0 Å². The highest BCUT2D eigenvalue weighted by molar-refractivity contribution is 9.10. The number of hydrogen-bond donors (Lipinski definition) is 1. The van der Waals surface area contributed by atoms with Gasteiger partial charge in [0.1, 0.15) is 5.75 Å². The molecule has 1 aliphatic rings. The van der Waals surface area contributed by atoms with Crippen LogP contribution in [0.25, 0.3) is 0 Å². The standard InChI is InChI=1S/C15H20BrCl2NO/c16-12-9-14(18)15(10-13(12)17)20-8-4-2-1-3-7-19-11-5-6-11/h9-11,19H,1-8H2. The van der Waals surface area contributed by atoms with E-state index in [1.807, 2.05) is 0 Å². The van der Waals surface area contributed by atoms with Gasteiger partial charge in [-0.25, -0.2) is 0 Å². The lowest BCUT2D eigenvalue weighted by molar-refractivity contribution is 0.304. The van der Waals surface area contributed by atoms with Crippen molar-refractivity contribution >= 4 is 39.1 Å². The summed E-state index contributed by atoms with van der Waals surface area (Å²) in [6, 6.07) is 4.35. The van der Waals surface area contributed by atoms with E-state index in [0.717, 1.165) is 23.5 Å². The van der Waals surface area contributed by atoms with Crippen molar-refractivity contribution in [2.45, 2.75) is 44.6 Å². The summed E-state index contributed by atoms with van der Waals surface area (Å²) in [4.78, 5) is 0. The quantitative estimate of drug-likeness (QED) is 0.454. The Bertz CT molecular complexity index is 438. The normalized spacial score (nSPS) is 14.6. The molecule has 1 N–H and O–H groups in total. The highest BCUT2D eigenvalue weighted by atomic mass is 79.9. The molecule has 0 bridgehead atoms. The van der Waals surface area contributed by atoms with Crippen LogP contribution in [0.4, 0.5) is 0 Å². The van der Waals surface area contributed by atoms with E-state index in [-0.39, 0.29) is 0 Å². The Morgan fingerprint density at radius 2 is 1.85 bits per heavy atom. The molecule has 1 fully saturated rings. The maximum Gasteiger partial charge on any atom is 0.139 e. The van der Waals surface area contributed by atoms with Crippen LogP contribution >= 0.6 is 39.1 Å². The van der Waals surface area contributed by atoms with E-state index in [9.17, 15) is 0 Å². The van der Waals surface area contributed by atoms with Gasteiger partial charge in [0.2, 0.25) is 0 Å². The topological polar surface area (TPSA) is 21.3 Å². The maximum atomic E-state index is 6.10. The van der Waals surface area contributed by atoms with Gasteiger partial charge >= 0.3 is 0 Å². The molecule has 0 aromatic heterocycles. The van der Waals surface area contributed by atoms with Crippen molar-refractivity contribution in [1.82, 2.24) is 5.32 Å². The van der Waals surface area contributed by atoms with E-state index in [1.54, 1.807) is 12.1 Å². The number of hydrogen-bond acceptors (Lipinski definition) is 2. The number of halogens is 3. The summed E-state index contributed by atoms with van der Waals surface area (Å²) in [7, 11) is 0. The van der Waals surface area contributed by atoms with Crippen molar-refractivity contribution < 1.29 is 4.74 Å². The minimum Gasteiger partial charge on any atom is -0.492 e. The Balaban J connectivity index is 1.55. The maximum absolute atomic E-state index is 6.10. The average Bonchev–Trinajstić information content (AvgIpc) is 3.22. The van der Waals surface area contributed by atoms with Crippen molar-refractivity contribution in [2.24, 2.45) is 0 Å². The third kappa shape index (κ3) is 5.80. The first-order valence-electron chi connectivity index (χ1n) is 7.17. The number of rotatable bonds is 9. The molecule has 1 aliphatic carbocycles. The zero-order valence-corrected chi connectivity index (χ0v) is 14.5. The Kier molecular flexibility index (Phi) is 6.95. The molecule has 0 aliphatic heterocycles. The van der Waals surface area contributed by atoms with Crippen LogP contribution in [0.5, 0.6) is 5.75 Å². The Morgan fingerprint density at radius 1 is 1.10 bits per heavy atom. The predicted molar refractivity (Wildman–Crippen MR) is 89.1 cm³/mol. The fraction of sp³-hybridized carbons (Fsp3) is 0.600. The van der Waals surface area contributed by atoms with Gasteiger partial charge in [0.15, 0.2) is 0 Å².